The van der Waals surface area contributed by atoms with Crippen molar-refractivity contribution >= 4 is 86.7 Å². The average molecular weight is 1100 g/mol. The molecule has 0 amide bonds. The lowest BCUT2D eigenvalue weighted by Crippen LogP contribution is -1.95. The molecule has 0 spiro atoms. The third-order valence-corrected chi connectivity index (χ3v) is 17.6. The van der Waals surface area contributed by atoms with E-state index in [4.69, 9.17) is 19.9 Å². The van der Waals surface area contributed by atoms with Gasteiger partial charge in [-0.1, -0.05) is 182 Å². The Kier molecular flexibility index (Phi) is 10.4. The minimum atomic E-state index is -0.509. The Labute approximate surface area is 490 Å². The van der Waals surface area contributed by atoms with Gasteiger partial charge in [-0.15, -0.1) is 0 Å². The fourth-order valence-corrected chi connectivity index (χ4v) is 13.5. The SMILES string of the molecule is Fc1ccc(-c2cccc(-c3ccc4c(-c5ccc6ccc7c(-c8ccc9ccc%10ccc(-c%11ccc(-c%12cccc(F)n%12)cc%11)nc%10c9n8)ccc8ccc5c6c87)cc5ccc(-c6ccc7c8c(cccc68)-c6ccccc6-7)nc5c4n3)c2)nc1. The highest BCUT2D eigenvalue weighted by atomic mass is 19.1. The normalized spacial score (nSPS) is 12.1. The van der Waals surface area contributed by atoms with Crippen molar-refractivity contribution in [2.24, 2.45) is 0 Å². The summed E-state index contributed by atoms with van der Waals surface area (Å²) in [5.41, 5.74) is 20.6. The standard InChI is InChI=1S/C78H42F2N6/c79-52-27-38-65(81-42-52)49-6-3-7-50(40-49)68-39-34-63-64(41-51-26-37-70(86-77(51)78(63)84-68)57-32-33-61-54-9-2-1-8-53(54)58-10-4-11-59(57)74(58)61)55-28-20-45-23-31-62-56(29-21-46-22-30-60(55)72(45)73(46)62)69-36-25-48-19-18-47-24-35-67(83-75(47)76(48)85-69)44-16-14-43(15-17-44)66-12-5-13-71(80)82-66/h1-42H. The zero-order valence-electron chi connectivity index (χ0n) is 45.7. The second kappa shape index (κ2) is 18.5. The Hall–Kier alpha value is -11.5. The molecule has 398 valence electrons. The molecule has 0 radical (unpaired) electrons. The first-order valence-corrected chi connectivity index (χ1v) is 28.7. The van der Waals surface area contributed by atoms with Gasteiger partial charge in [0.2, 0.25) is 5.95 Å². The van der Waals surface area contributed by atoms with Gasteiger partial charge in [-0.2, -0.15) is 4.39 Å². The first kappa shape index (κ1) is 48.1. The van der Waals surface area contributed by atoms with Gasteiger partial charge in [0.15, 0.2) is 0 Å². The van der Waals surface area contributed by atoms with Crippen molar-refractivity contribution in [1.82, 2.24) is 29.9 Å². The lowest BCUT2D eigenvalue weighted by Gasteiger charge is -2.18. The molecule has 1 aliphatic carbocycles. The van der Waals surface area contributed by atoms with E-state index in [1.54, 1.807) is 12.1 Å². The molecule has 18 rings (SSSR count). The Morgan fingerprint density at radius 1 is 0.233 bits per heavy atom. The maximum absolute atomic E-state index is 14.0. The number of rotatable bonds is 7. The third kappa shape index (κ3) is 7.42. The molecule has 0 saturated heterocycles. The van der Waals surface area contributed by atoms with E-state index in [2.05, 4.69) is 186 Å². The van der Waals surface area contributed by atoms with E-state index < -0.39 is 5.95 Å². The number of fused-ring (bicyclic) bond motifs is 9. The van der Waals surface area contributed by atoms with Gasteiger partial charge in [0.25, 0.3) is 0 Å². The zero-order valence-corrected chi connectivity index (χ0v) is 45.7. The predicted molar refractivity (Wildman–Crippen MR) is 347 cm³/mol. The minimum absolute atomic E-state index is 0.378. The van der Waals surface area contributed by atoms with Crippen LogP contribution in [0.4, 0.5) is 8.78 Å². The summed E-state index contributed by atoms with van der Waals surface area (Å²) in [5, 5.41) is 13.3. The number of pyridine rings is 6. The molecule has 6 heterocycles. The van der Waals surface area contributed by atoms with Crippen LogP contribution in [0.2, 0.25) is 0 Å². The molecule has 6 aromatic heterocycles. The second-order valence-electron chi connectivity index (χ2n) is 22.3. The summed E-state index contributed by atoms with van der Waals surface area (Å²) < 4.78 is 28.0. The van der Waals surface area contributed by atoms with Gasteiger partial charge in [0.05, 0.1) is 62.4 Å². The summed E-state index contributed by atoms with van der Waals surface area (Å²) in [6, 6.07) is 85.3. The van der Waals surface area contributed by atoms with Crippen molar-refractivity contribution in [2.45, 2.75) is 0 Å². The first-order chi connectivity index (χ1) is 42.4. The highest BCUT2D eigenvalue weighted by Crippen LogP contribution is 2.50. The molecule has 6 nitrogen and oxygen atoms in total. The molecule has 1 aliphatic rings. The smallest absolute Gasteiger partial charge is 0.213 e. The van der Waals surface area contributed by atoms with Crippen LogP contribution in [0.5, 0.6) is 0 Å². The lowest BCUT2D eigenvalue weighted by atomic mass is 9.86. The summed E-state index contributed by atoms with van der Waals surface area (Å²) in [6.45, 7) is 0. The van der Waals surface area contributed by atoms with Crippen molar-refractivity contribution in [3.05, 3.63) is 267 Å². The highest BCUT2D eigenvalue weighted by Gasteiger charge is 2.24. The van der Waals surface area contributed by atoms with E-state index in [0.717, 1.165) is 132 Å². The number of hydrogen-bond acceptors (Lipinski definition) is 6. The van der Waals surface area contributed by atoms with Gasteiger partial charge in [-0.25, -0.2) is 29.3 Å². The van der Waals surface area contributed by atoms with E-state index in [1.165, 1.54) is 62.1 Å². The van der Waals surface area contributed by atoms with Crippen molar-refractivity contribution in [3.63, 3.8) is 0 Å². The Morgan fingerprint density at radius 2 is 0.698 bits per heavy atom. The summed E-state index contributed by atoms with van der Waals surface area (Å²) in [6.07, 6.45) is 1.25. The van der Waals surface area contributed by atoms with Gasteiger partial charge < -0.3 is 0 Å². The predicted octanol–water partition coefficient (Wildman–Crippen LogP) is 20.3. The molecule has 86 heavy (non-hydrogen) atoms. The molecule has 0 N–H and O–H groups in total. The average Bonchev–Trinajstić information content (AvgIpc) is 1.45. The number of hydrogen-bond donors (Lipinski definition) is 0. The highest BCUT2D eigenvalue weighted by molar-refractivity contribution is 6.29. The Bertz CT molecular complexity index is 5710. The van der Waals surface area contributed by atoms with Crippen LogP contribution in [-0.4, -0.2) is 29.9 Å². The summed E-state index contributed by atoms with van der Waals surface area (Å²) in [4.78, 5) is 30.4. The maximum Gasteiger partial charge on any atom is 0.213 e. The quantitative estimate of drug-likeness (QED) is 0.117. The number of nitrogens with zero attached hydrogens (tertiary/aromatic N) is 6. The maximum atomic E-state index is 14.0. The molecule has 0 fully saturated rings. The van der Waals surface area contributed by atoms with Crippen molar-refractivity contribution in [2.75, 3.05) is 0 Å². The van der Waals surface area contributed by atoms with Crippen LogP contribution >= 0.6 is 0 Å². The number of benzene rings is 11. The monoisotopic (exact) mass is 1100 g/mol. The van der Waals surface area contributed by atoms with Crippen LogP contribution in [0.25, 0.3) is 188 Å². The van der Waals surface area contributed by atoms with Crippen molar-refractivity contribution in [1.29, 1.82) is 0 Å². The number of aromatic nitrogens is 6. The van der Waals surface area contributed by atoms with Gasteiger partial charge in [-0.3, -0.25) is 4.98 Å². The zero-order chi connectivity index (χ0) is 56.7. The lowest BCUT2D eigenvalue weighted by molar-refractivity contribution is 0.585. The summed E-state index contributed by atoms with van der Waals surface area (Å²) in [5.74, 6) is -0.887. The minimum Gasteiger partial charge on any atom is -0.253 e. The molecule has 0 bridgehead atoms. The van der Waals surface area contributed by atoms with Gasteiger partial charge in [0, 0.05) is 54.9 Å². The molecule has 0 unspecified atom stereocenters. The largest absolute Gasteiger partial charge is 0.253 e. The van der Waals surface area contributed by atoms with Crippen molar-refractivity contribution < 1.29 is 8.78 Å². The number of halogens is 2. The van der Waals surface area contributed by atoms with Gasteiger partial charge >= 0.3 is 0 Å². The Morgan fingerprint density at radius 3 is 1.40 bits per heavy atom. The molecule has 0 aliphatic heterocycles. The Balaban J connectivity index is 0.791. The van der Waals surface area contributed by atoms with Crippen LogP contribution in [0.15, 0.2) is 255 Å². The molecule has 8 heteroatoms. The molecule has 0 saturated carbocycles. The van der Waals surface area contributed by atoms with Crippen LogP contribution in [0, 0.1) is 11.8 Å². The van der Waals surface area contributed by atoms with E-state index in [1.807, 2.05) is 48.5 Å². The van der Waals surface area contributed by atoms with E-state index in [9.17, 15) is 8.78 Å². The van der Waals surface area contributed by atoms with E-state index in [0.29, 0.717) is 11.4 Å². The van der Waals surface area contributed by atoms with Gasteiger partial charge in [0.1, 0.15) is 5.82 Å². The topological polar surface area (TPSA) is 77.3 Å². The van der Waals surface area contributed by atoms with E-state index >= 15 is 0 Å². The molecular formula is C78H42F2N6. The molecule has 0 atom stereocenters. The fraction of sp³-hybridized carbons (Fsp3) is 0. The van der Waals surface area contributed by atoms with E-state index in [-0.39, 0.29) is 5.82 Å². The second-order valence-corrected chi connectivity index (χ2v) is 22.3. The third-order valence-electron chi connectivity index (χ3n) is 17.6. The first-order valence-electron chi connectivity index (χ1n) is 28.7. The molecule has 11 aromatic carbocycles. The summed E-state index contributed by atoms with van der Waals surface area (Å²) >= 11 is 0. The molecule has 17 aromatic rings. The van der Waals surface area contributed by atoms with Crippen LogP contribution < -0.4 is 0 Å². The van der Waals surface area contributed by atoms with Crippen LogP contribution in [0.1, 0.15) is 0 Å². The van der Waals surface area contributed by atoms with Crippen LogP contribution in [0.3, 0.4) is 0 Å². The van der Waals surface area contributed by atoms with Gasteiger partial charge in [-0.05, 0) is 143 Å². The van der Waals surface area contributed by atoms with Crippen LogP contribution in [-0.2, 0) is 0 Å². The molecular weight excluding hydrogens is 1060 g/mol. The summed E-state index contributed by atoms with van der Waals surface area (Å²) in [7, 11) is 0. The van der Waals surface area contributed by atoms with Crippen molar-refractivity contribution in [3.8, 4) is 101 Å². The fourth-order valence-electron chi connectivity index (χ4n) is 13.5.